The number of aliphatic carboxylic acids is 1. The Labute approximate surface area is 102 Å². The molecule has 17 heavy (non-hydrogen) atoms. The molecular formula is C12H22N2O3. The van der Waals surface area contributed by atoms with Crippen molar-refractivity contribution < 1.29 is 14.7 Å². The van der Waals surface area contributed by atoms with Crippen LogP contribution >= 0.6 is 0 Å². The number of urea groups is 1. The van der Waals surface area contributed by atoms with E-state index in [1.54, 1.807) is 16.8 Å². The summed E-state index contributed by atoms with van der Waals surface area (Å²) in [5, 5.41) is 9.02. The van der Waals surface area contributed by atoms with Gasteiger partial charge in [0.15, 0.2) is 0 Å². The molecule has 0 spiro atoms. The third-order valence-corrected chi connectivity index (χ3v) is 3.55. The number of carboxylic acids is 1. The molecule has 2 unspecified atom stereocenters. The molecule has 1 aliphatic rings. The zero-order chi connectivity index (χ0) is 13.2. The van der Waals surface area contributed by atoms with Crippen LogP contribution in [0.25, 0.3) is 0 Å². The van der Waals surface area contributed by atoms with Crippen LogP contribution < -0.4 is 0 Å². The van der Waals surface area contributed by atoms with Crippen molar-refractivity contribution in [2.24, 2.45) is 5.92 Å². The topological polar surface area (TPSA) is 60.9 Å². The Morgan fingerprint density at radius 2 is 1.94 bits per heavy atom. The molecule has 1 N–H and O–H groups in total. The lowest BCUT2D eigenvalue weighted by Crippen LogP contribution is -2.52. The zero-order valence-electron chi connectivity index (χ0n) is 11.0. The largest absolute Gasteiger partial charge is 0.481 e. The van der Waals surface area contributed by atoms with Gasteiger partial charge in [-0.25, -0.2) is 4.79 Å². The molecule has 0 saturated carbocycles. The Morgan fingerprint density at radius 3 is 2.41 bits per heavy atom. The molecule has 5 heteroatoms. The number of hydrogen-bond acceptors (Lipinski definition) is 2. The van der Waals surface area contributed by atoms with Gasteiger partial charge in [0.2, 0.25) is 0 Å². The maximum atomic E-state index is 12.2. The molecule has 1 saturated heterocycles. The summed E-state index contributed by atoms with van der Waals surface area (Å²) in [5.41, 5.74) is 0. The van der Waals surface area contributed by atoms with Crippen molar-refractivity contribution in [3.05, 3.63) is 0 Å². The van der Waals surface area contributed by atoms with Crippen LogP contribution in [0.1, 0.15) is 33.6 Å². The fourth-order valence-electron chi connectivity index (χ4n) is 2.00. The van der Waals surface area contributed by atoms with Gasteiger partial charge in [0.05, 0.1) is 5.92 Å². The molecule has 0 aromatic heterocycles. The van der Waals surface area contributed by atoms with Gasteiger partial charge >= 0.3 is 12.0 Å². The molecule has 1 aliphatic heterocycles. The maximum absolute atomic E-state index is 12.2. The van der Waals surface area contributed by atoms with Gasteiger partial charge < -0.3 is 14.9 Å². The molecule has 1 rings (SSSR count). The SMILES string of the molecule is CC(C)N(C)C(=O)N1CC(C(=O)O)CCC1C. The molecule has 0 aromatic carbocycles. The van der Waals surface area contributed by atoms with Crippen molar-refractivity contribution in [3.8, 4) is 0 Å². The normalized spacial score (nSPS) is 24.9. The van der Waals surface area contributed by atoms with Crippen molar-refractivity contribution in [3.63, 3.8) is 0 Å². The maximum Gasteiger partial charge on any atom is 0.320 e. The third-order valence-electron chi connectivity index (χ3n) is 3.55. The van der Waals surface area contributed by atoms with Gasteiger partial charge in [0.25, 0.3) is 0 Å². The highest BCUT2D eigenvalue weighted by molar-refractivity contribution is 5.77. The van der Waals surface area contributed by atoms with E-state index in [-0.39, 0.29) is 18.1 Å². The number of hydrogen-bond donors (Lipinski definition) is 1. The first kappa shape index (κ1) is 13.8. The number of carbonyl (C=O) groups is 2. The van der Waals surface area contributed by atoms with E-state index in [1.165, 1.54) is 0 Å². The highest BCUT2D eigenvalue weighted by Gasteiger charge is 2.34. The van der Waals surface area contributed by atoms with Crippen molar-refractivity contribution in [1.82, 2.24) is 9.80 Å². The Hall–Kier alpha value is -1.26. The van der Waals surface area contributed by atoms with Crippen molar-refractivity contribution in [1.29, 1.82) is 0 Å². The van der Waals surface area contributed by atoms with Crippen LogP contribution in [0.3, 0.4) is 0 Å². The molecule has 1 heterocycles. The van der Waals surface area contributed by atoms with E-state index in [0.717, 1.165) is 6.42 Å². The van der Waals surface area contributed by atoms with Gasteiger partial charge in [-0.1, -0.05) is 0 Å². The molecule has 0 radical (unpaired) electrons. The minimum absolute atomic E-state index is 0.0709. The number of rotatable bonds is 2. The predicted molar refractivity (Wildman–Crippen MR) is 64.8 cm³/mol. The quantitative estimate of drug-likeness (QED) is 0.800. The van der Waals surface area contributed by atoms with E-state index in [0.29, 0.717) is 13.0 Å². The monoisotopic (exact) mass is 242 g/mol. The van der Waals surface area contributed by atoms with Crippen molar-refractivity contribution in [2.75, 3.05) is 13.6 Å². The molecule has 1 fully saturated rings. The first-order valence-corrected chi connectivity index (χ1v) is 6.10. The van der Waals surface area contributed by atoms with Gasteiger partial charge in [0, 0.05) is 25.7 Å². The summed E-state index contributed by atoms with van der Waals surface area (Å²) >= 11 is 0. The van der Waals surface area contributed by atoms with Crippen molar-refractivity contribution in [2.45, 2.75) is 45.7 Å². The summed E-state index contributed by atoms with van der Waals surface area (Å²) in [6.07, 6.45) is 1.42. The zero-order valence-corrected chi connectivity index (χ0v) is 11.0. The minimum Gasteiger partial charge on any atom is -0.481 e. The van der Waals surface area contributed by atoms with Crippen LogP contribution in [0.2, 0.25) is 0 Å². The van der Waals surface area contributed by atoms with Crippen LogP contribution in [0.5, 0.6) is 0 Å². The van der Waals surface area contributed by atoms with Crippen LogP contribution in [0.15, 0.2) is 0 Å². The molecule has 2 amide bonds. The molecule has 5 nitrogen and oxygen atoms in total. The summed E-state index contributed by atoms with van der Waals surface area (Å²) in [7, 11) is 1.75. The first-order valence-electron chi connectivity index (χ1n) is 6.10. The average molecular weight is 242 g/mol. The number of amides is 2. The van der Waals surface area contributed by atoms with E-state index >= 15 is 0 Å². The third kappa shape index (κ3) is 3.11. The molecule has 0 bridgehead atoms. The van der Waals surface area contributed by atoms with Crippen LogP contribution in [-0.4, -0.2) is 52.6 Å². The standard InChI is InChI=1S/C12H22N2O3/c1-8(2)13(4)12(17)14-7-10(11(15)16)6-5-9(14)3/h8-10H,5-7H2,1-4H3,(H,15,16). The summed E-state index contributed by atoms with van der Waals surface area (Å²) in [6.45, 7) is 6.19. The van der Waals surface area contributed by atoms with Gasteiger partial charge in [-0.2, -0.15) is 0 Å². The number of carboxylic acid groups (broad SMARTS) is 1. The lowest BCUT2D eigenvalue weighted by atomic mass is 9.94. The summed E-state index contributed by atoms with van der Waals surface area (Å²) in [6, 6.07) is 0.178. The average Bonchev–Trinajstić information content (AvgIpc) is 2.27. The lowest BCUT2D eigenvalue weighted by molar-refractivity contribution is -0.143. The van der Waals surface area contributed by atoms with Gasteiger partial charge in [-0.15, -0.1) is 0 Å². The van der Waals surface area contributed by atoms with E-state index in [2.05, 4.69) is 0 Å². The highest BCUT2D eigenvalue weighted by Crippen LogP contribution is 2.23. The van der Waals surface area contributed by atoms with Gasteiger partial charge in [-0.05, 0) is 33.6 Å². The molecule has 2 atom stereocenters. The number of carbonyl (C=O) groups excluding carboxylic acids is 1. The van der Waals surface area contributed by atoms with Gasteiger partial charge in [-0.3, -0.25) is 4.79 Å². The second-order valence-electron chi connectivity index (χ2n) is 5.10. The Bertz CT molecular complexity index is 304. The number of nitrogens with zero attached hydrogens (tertiary/aromatic N) is 2. The molecular weight excluding hydrogens is 220 g/mol. The smallest absolute Gasteiger partial charge is 0.320 e. The predicted octanol–water partition coefficient (Wildman–Crippen LogP) is 1.63. The Kier molecular flexibility index (Phi) is 4.37. The lowest BCUT2D eigenvalue weighted by Gasteiger charge is -2.39. The van der Waals surface area contributed by atoms with Crippen LogP contribution in [0, 0.1) is 5.92 Å². The van der Waals surface area contributed by atoms with Crippen LogP contribution in [-0.2, 0) is 4.79 Å². The first-order chi connectivity index (χ1) is 7.84. The van der Waals surface area contributed by atoms with Crippen molar-refractivity contribution >= 4 is 12.0 Å². The summed E-state index contributed by atoms with van der Waals surface area (Å²) in [4.78, 5) is 26.5. The van der Waals surface area contributed by atoms with Gasteiger partial charge in [0.1, 0.15) is 0 Å². The second kappa shape index (κ2) is 5.38. The second-order valence-corrected chi connectivity index (χ2v) is 5.10. The fourth-order valence-corrected chi connectivity index (χ4v) is 2.00. The summed E-state index contributed by atoms with van der Waals surface area (Å²) in [5.74, 6) is -1.22. The van der Waals surface area contributed by atoms with Crippen LogP contribution in [0.4, 0.5) is 4.79 Å². The molecule has 0 aliphatic carbocycles. The summed E-state index contributed by atoms with van der Waals surface area (Å²) < 4.78 is 0. The minimum atomic E-state index is -0.804. The van der Waals surface area contributed by atoms with E-state index in [9.17, 15) is 9.59 Å². The number of piperidine rings is 1. The number of likely N-dealkylation sites (tertiary alicyclic amines) is 1. The Balaban J connectivity index is 2.73. The van der Waals surface area contributed by atoms with E-state index in [4.69, 9.17) is 5.11 Å². The molecule has 0 aromatic rings. The Morgan fingerprint density at radius 1 is 1.35 bits per heavy atom. The fraction of sp³-hybridized carbons (Fsp3) is 0.833. The van der Waals surface area contributed by atoms with E-state index < -0.39 is 11.9 Å². The molecule has 98 valence electrons. The highest BCUT2D eigenvalue weighted by atomic mass is 16.4. The van der Waals surface area contributed by atoms with E-state index in [1.807, 2.05) is 20.8 Å².